The molecule has 0 spiro atoms. The molecule has 0 aliphatic carbocycles. The summed E-state index contributed by atoms with van der Waals surface area (Å²) in [5, 5.41) is 13.0. The van der Waals surface area contributed by atoms with Gasteiger partial charge in [-0.15, -0.1) is 0 Å². The summed E-state index contributed by atoms with van der Waals surface area (Å²) in [6, 6.07) is 10.3. The molecule has 2 rings (SSSR count). The summed E-state index contributed by atoms with van der Waals surface area (Å²) in [7, 11) is 0. The number of aryl methyl sites for hydroxylation is 2. The van der Waals surface area contributed by atoms with Crippen LogP contribution >= 0.6 is 0 Å². The molecule has 116 valence electrons. The highest BCUT2D eigenvalue weighted by atomic mass is 16.3. The van der Waals surface area contributed by atoms with Crippen LogP contribution in [-0.2, 0) is 4.79 Å². The van der Waals surface area contributed by atoms with Crippen LogP contribution in [-0.4, -0.2) is 27.9 Å². The number of nitrogens with zero attached hydrogens (tertiary/aromatic N) is 2. The van der Waals surface area contributed by atoms with E-state index < -0.39 is 12.0 Å². The molecule has 5 nitrogen and oxygen atoms in total. The van der Waals surface area contributed by atoms with Gasteiger partial charge in [-0.2, -0.15) is 5.10 Å². The summed E-state index contributed by atoms with van der Waals surface area (Å²) in [5.74, 6) is -0.524. The van der Waals surface area contributed by atoms with Crippen LogP contribution in [0.25, 0.3) is 5.69 Å². The van der Waals surface area contributed by atoms with E-state index in [1.807, 2.05) is 19.9 Å². The van der Waals surface area contributed by atoms with Gasteiger partial charge in [-0.05, 0) is 45.9 Å². The van der Waals surface area contributed by atoms with E-state index in [1.54, 1.807) is 6.21 Å². The van der Waals surface area contributed by atoms with Crippen LogP contribution in [0, 0.1) is 20.8 Å². The molecule has 0 saturated heterocycles. The lowest BCUT2D eigenvalue weighted by Crippen LogP contribution is -2.28. The molecular formula is C17H21N3O2. The second kappa shape index (κ2) is 6.58. The highest BCUT2D eigenvalue weighted by molar-refractivity contribution is 5.85. The minimum Gasteiger partial charge on any atom is -0.383 e. The van der Waals surface area contributed by atoms with Gasteiger partial charge in [0.05, 0.1) is 6.21 Å². The third-order valence-electron chi connectivity index (χ3n) is 3.52. The van der Waals surface area contributed by atoms with Crippen LogP contribution in [0.5, 0.6) is 0 Å². The first-order valence-electron chi connectivity index (χ1n) is 7.17. The van der Waals surface area contributed by atoms with Crippen molar-refractivity contribution in [3.8, 4) is 5.69 Å². The van der Waals surface area contributed by atoms with E-state index >= 15 is 0 Å². The molecule has 5 heteroatoms. The van der Waals surface area contributed by atoms with Crippen LogP contribution < -0.4 is 5.43 Å². The zero-order chi connectivity index (χ0) is 16.3. The monoisotopic (exact) mass is 299 g/mol. The third kappa shape index (κ3) is 3.43. The smallest absolute Gasteiger partial charge is 0.268 e. The molecule has 1 atom stereocenters. The van der Waals surface area contributed by atoms with E-state index in [-0.39, 0.29) is 0 Å². The SMILES string of the molecule is Cc1ccc(-n2c(C)cc(/C=N\NC(=O)[C@H](C)O)c2C)cc1. The Morgan fingerprint density at radius 2 is 1.91 bits per heavy atom. The fourth-order valence-corrected chi connectivity index (χ4v) is 2.27. The molecule has 2 N–H and O–H groups in total. The molecule has 0 aliphatic rings. The summed E-state index contributed by atoms with van der Waals surface area (Å²) in [6.07, 6.45) is 0.518. The largest absolute Gasteiger partial charge is 0.383 e. The molecule has 1 aromatic carbocycles. The van der Waals surface area contributed by atoms with Crippen molar-refractivity contribution in [3.63, 3.8) is 0 Å². The van der Waals surface area contributed by atoms with Crippen molar-refractivity contribution in [2.75, 3.05) is 0 Å². The number of hydrogen-bond donors (Lipinski definition) is 2. The summed E-state index contributed by atoms with van der Waals surface area (Å²) in [6.45, 7) is 7.49. The topological polar surface area (TPSA) is 66.6 Å². The fourth-order valence-electron chi connectivity index (χ4n) is 2.27. The van der Waals surface area contributed by atoms with Gasteiger partial charge in [0.15, 0.2) is 0 Å². The van der Waals surface area contributed by atoms with Crippen molar-refractivity contribution < 1.29 is 9.90 Å². The molecule has 1 aromatic heterocycles. The van der Waals surface area contributed by atoms with Gasteiger partial charge in [0, 0.05) is 22.6 Å². The number of hydrogen-bond acceptors (Lipinski definition) is 3. The van der Waals surface area contributed by atoms with E-state index in [0.29, 0.717) is 0 Å². The van der Waals surface area contributed by atoms with Gasteiger partial charge in [0.1, 0.15) is 6.10 Å². The van der Waals surface area contributed by atoms with E-state index in [1.165, 1.54) is 12.5 Å². The molecule has 0 fully saturated rings. The summed E-state index contributed by atoms with van der Waals surface area (Å²) < 4.78 is 2.14. The van der Waals surface area contributed by atoms with Crippen molar-refractivity contribution >= 4 is 12.1 Å². The summed E-state index contributed by atoms with van der Waals surface area (Å²) >= 11 is 0. The van der Waals surface area contributed by atoms with Gasteiger partial charge in [-0.25, -0.2) is 5.43 Å². The summed E-state index contributed by atoms with van der Waals surface area (Å²) in [4.78, 5) is 11.3. The third-order valence-corrected chi connectivity index (χ3v) is 3.52. The average Bonchev–Trinajstić information content (AvgIpc) is 2.74. The van der Waals surface area contributed by atoms with Crippen LogP contribution in [0.4, 0.5) is 0 Å². The molecule has 0 aliphatic heterocycles. The quantitative estimate of drug-likeness (QED) is 0.671. The number of carbonyl (C=O) groups is 1. The Balaban J connectivity index is 2.26. The normalized spacial score (nSPS) is 12.6. The Morgan fingerprint density at radius 3 is 2.50 bits per heavy atom. The standard InChI is InChI=1S/C17H21N3O2/c1-11-5-7-16(8-6-11)20-12(2)9-15(13(20)3)10-18-19-17(22)14(4)21/h5-10,14,21H,1-4H3,(H,19,22)/b18-10-/t14-/m0/s1. The van der Waals surface area contributed by atoms with Crippen LogP contribution in [0.3, 0.4) is 0 Å². The molecule has 0 unspecified atom stereocenters. The van der Waals surface area contributed by atoms with Crippen LogP contribution in [0.1, 0.15) is 29.4 Å². The number of aromatic nitrogens is 1. The first kappa shape index (κ1) is 16.0. The average molecular weight is 299 g/mol. The van der Waals surface area contributed by atoms with Gasteiger partial charge in [0.25, 0.3) is 5.91 Å². The molecule has 1 amide bonds. The number of benzene rings is 1. The number of nitrogens with one attached hydrogen (secondary N) is 1. The van der Waals surface area contributed by atoms with Gasteiger partial charge in [0.2, 0.25) is 0 Å². The molecule has 0 saturated carbocycles. The van der Waals surface area contributed by atoms with Gasteiger partial charge in [-0.3, -0.25) is 4.79 Å². The lowest BCUT2D eigenvalue weighted by Gasteiger charge is -2.09. The number of rotatable bonds is 4. The molecule has 1 heterocycles. The molecular weight excluding hydrogens is 278 g/mol. The lowest BCUT2D eigenvalue weighted by atomic mass is 10.2. The van der Waals surface area contributed by atoms with Gasteiger partial charge >= 0.3 is 0 Å². The van der Waals surface area contributed by atoms with Crippen LogP contribution in [0.2, 0.25) is 0 Å². The first-order valence-corrected chi connectivity index (χ1v) is 7.17. The molecule has 2 aromatic rings. The second-order valence-electron chi connectivity index (χ2n) is 5.41. The highest BCUT2D eigenvalue weighted by Crippen LogP contribution is 2.20. The minimum absolute atomic E-state index is 0.524. The number of carbonyl (C=O) groups excluding carboxylic acids is 1. The van der Waals surface area contributed by atoms with Crippen molar-refractivity contribution in [2.45, 2.75) is 33.8 Å². The predicted molar refractivity (Wildman–Crippen MR) is 87.4 cm³/mol. The van der Waals surface area contributed by atoms with Crippen molar-refractivity contribution in [3.05, 3.63) is 52.8 Å². The van der Waals surface area contributed by atoms with E-state index in [0.717, 1.165) is 22.6 Å². The van der Waals surface area contributed by atoms with Crippen molar-refractivity contribution in [2.24, 2.45) is 5.10 Å². The number of hydrazone groups is 1. The highest BCUT2D eigenvalue weighted by Gasteiger charge is 2.10. The van der Waals surface area contributed by atoms with E-state index in [2.05, 4.69) is 46.3 Å². The summed E-state index contributed by atoms with van der Waals surface area (Å²) in [5.41, 5.74) is 7.66. The second-order valence-corrected chi connectivity index (χ2v) is 5.41. The minimum atomic E-state index is -1.07. The Labute approximate surface area is 130 Å². The Morgan fingerprint density at radius 1 is 1.27 bits per heavy atom. The maximum absolute atomic E-state index is 11.3. The number of aliphatic hydroxyl groups is 1. The van der Waals surface area contributed by atoms with Gasteiger partial charge < -0.3 is 9.67 Å². The zero-order valence-electron chi connectivity index (χ0n) is 13.3. The molecule has 0 radical (unpaired) electrons. The Kier molecular flexibility index (Phi) is 4.78. The maximum Gasteiger partial charge on any atom is 0.268 e. The fraction of sp³-hybridized carbons (Fsp3) is 0.294. The Bertz CT molecular complexity index is 697. The van der Waals surface area contributed by atoms with Crippen LogP contribution in [0.15, 0.2) is 35.4 Å². The molecule has 0 bridgehead atoms. The Hall–Kier alpha value is -2.40. The maximum atomic E-state index is 11.3. The van der Waals surface area contributed by atoms with E-state index in [4.69, 9.17) is 5.11 Å². The number of aliphatic hydroxyl groups excluding tert-OH is 1. The van der Waals surface area contributed by atoms with Crippen molar-refractivity contribution in [1.82, 2.24) is 9.99 Å². The van der Waals surface area contributed by atoms with E-state index in [9.17, 15) is 4.79 Å². The number of amides is 1. The lowest BCUT2D eigenvalue weighted by molar-refractivity contribution is -0.128. The zero-order valence-corrected chi connectivity index (χ0v) is 13.3. The first-order chi connectivity index (χ1) is 10.4. The van der Waals surface area contributed by atoms with Crippen molar-refractivity contribution in [1.29, 1.82) is 0 Å². The molecule has 22 heavy (non-hydrogen) atoms. The van der Waals surface area contributed by atoms with Gasteiger partial charge in [-0.1, -0.05) is 17.7 Å². The predicted octanol–water partition coefficient (Wildman–Crippen LogP) is 2.23.